The molecule has 48 valence electrons. The van der Waals surface area contributed by atoms with Crippen LogP contribution in [0.5, 0.6) is 0 Å². The minimum atomic E-state index is -0.448. The van der Waals surface area contributed by atoms with Crippen LogP contribution in [0.15, 0.2) is 12.3 Å². The lowest BCUT2D eigenvalue weighted by Crippen LogP contribution is -2.32. The molecular weight excluding hydrogens is 122 g/mol. The topological polar surface area (TPSA) is 62.8 Å². The number of aryl methyl sites for hydroxylation is 1. The standard InChI is InChI=1S/C4H5N3O2/c1-6-4(7(8)9)2-3-5-6/h2-3H,1H3/p+1. The molecule has 1 N–H and O–H groups in total. The molecule has 9 heavy (non-hydrogen) atoms. The predicted octanol–water partition coefficient (Wildman–Crippen LogP) is -0.253. The number of rotatable bonds is 1. The van der Waals surface area contributed by atoms with Crippen LogP contribution in [0, 0.1) is 10.1 Å². The third-order valence-electron chi connectivity index (χ3n) is 1.03. The highest BCUT2D eigenvalue weighted by molar-refractivity contribution is 5.05. The van der Waals surface area contributed by atoms with Crippen molar-refractivity contribution in [3.05, 3.63) is 22.4 Å². The van der Waals surface area contributed by atoms with Crippen LogP contribution in [0.1, 0.15) is 0 Å². The summed E-state index contributed by atoms with van der Waals surface area (Å²) >= 11 is 0. The van der Waals surface area contributed by atoms with Gasteiger partial charge in [0, 0.05) is 0 Å². The first-order chi connectivity index (χ1) is 4.22. The summed E-state index contributed by atoms with van der Waals surface area (Å²) in [6.45, 7) is 0. The molecule has 1 aromatic heterocycles. The molecule has 0 aliphatic heterocycles. The first-order valence-corrected chi connectivity index (χ1v) is 2.39. The molecule has 0 aromatic carbocycles. The number of aromatic amines is 1. The van der Waals surface area contributed by atoms with Gasteiger partial charge in [0.2, 0.25) is 0 Å². The Balaban J connectivity index is 3.08. The van der Waals surface area contributed by atoms with E-state index in [0.717, 1.165) is 0 Å². The molecule has 5 nitrogen and oxygen atoms in total. The highest BCUT2D eigenvalue weighted by Gasteiger charge is 2.18. The SMILES string of the molecule is C[n+]1[nH]ccc1[N+](=O)[O-]. The average Bonchev–Trinajstić information content (AvgIpc) is 2.13. The Morgan fingerprint density at radius 2 is 2.56 bits per heavy atom. The van der Waals surface area contributed by atoms with E-state index in [1.165, 1.54) is 16.9 Å². The summed E-state index contributed by atoms with van der Waals surface area (Å²) in [5.41, 5.74) is 0. The van der Waals surface area contributed by atoms with Crippen molar-refractivity contribution in [2.75, 3.05) is 0 Å². The second-order valence-corrected chi connectivity index (χ2v) is 1.64. The Hall–Kier alpha value is -1.39. The molecule has 0 saturated carbocycles. The predicted molar refractivity (Wildman–Crippen MR) is 28.6 cm³/mol. The highest BCUT2D eigenvalue weighted by Crippen LogP contribution is 1.97. The number of aromatic nitrogens is 2. The lowest BCUT2D eigenvalue weighted by molar-refractivity contribution is -0.760. The molecule has 1 aromatic rings. The molecule has 1 heterocycles. The summed E-state index contributed by atoms with van der Waals surface area (Å²) in [4.78, 5) is 9.60. The first-order valence-electron chi connectivity index (χ1n) is 2.39. The van der Waals surface area contributed by atoms with E-state index in [9.17, 15) is 10.1 Å². The maximum atomic E-state index is 10.0. The Labute approximate surface area is 51.1 Å². The fraction of sp³-hybridized carbons (Fsp3) is 0.250. The van der Waals surface area contributed by atoms with Crippen molar-refractivity contribution < 1.29 is 9.61 Å². The molecule has 0 atom stereocenters. The first kappa shape index (κ1) is 5.74. The van der Waals surface area contributed by atoms with Gasteiger partial charge in [0.25, 0.3) is 0 Å². The number of hydrogen-bond donors (Lipinski definition) is 1. The lowest BCUT2D eigenvalue weighted by atomic mass is 10.7. The van der Waals surface area contributed by atoms with Crippen molar-refractivity contribution in [2.45, 2.75) is 0 Å². The van der Waals surface area contributed by atoms with Crippen molar-refractivity contribution in [3.63, 3.8) is 0 Å². The van der Waals surface area contributed by atoms with Crippen molar-refractivity contribution in [1.29, 1.82) is 0 Å². The van der Waals surface area contributed by atoms with Crippen LogP contribution in [-0.2, 0) is 7.05 Å². The van der Waals surface area contributed by atoms with Gasteiger partial charge in [0.15, 0.2) is 7.05 Å². The Morgan fingerprint density at radius 1 is 1.89 bits per heavy atom. The van der Waals surface area contributed by atoms with Crippen molar-refractivity contribution >= 4 is 5.82 Å². The van der Waals surface area contributed by atoms with Gasteiger partial charge in [-0.3, -0.25) is 10.1 Å². The smallest absolute Gasteiger partial charge is 0.253 e. The van der Waals surface area contributed by atoms with Gasteiger partial charge in [-0.05, 0) is 0 Å². The van der Waals surface area contributed by atoms with E-state index in [0.29, 0.717) is 0 Å². The minimum absolute atomic E-state index is 0.0648. The van der Waals surface area contributed by atoms with Gasteiger partial charge in [-0.1, -0.05) is 4.68 Å². The van der Waals surface area contributed by atoms with Crippen LogP contribution in [0.3, 0.4) is 0 Å². The van der Waals surface area contributed by atoms with Gasteiger partial charge in [-0.15, -0.1) is 0 Å². The Kier molecular flexibility index (Phi) is 1.18. The summed E-state index contributed by atoms with van der Waals surface area (Å²) in [5, 5.41) is 12.7. The fourth-order valence-electron chi connectivity index (χ4n) is 0.585. The summed E-state index contributed by atoms with van der Waals surface area (Å²) in [5.74, 6) is 0.0648. The quantitative estimate of drug-likeness (QED) is 0.322. The fourth-order valence-corrected chi connectivity index (χ4v) is 0.585. The maximum absolute atomic E-state index is 10.0. The van der Waals surface area contributed by atoms with Gasteiger partial charge in [0.05, 0.1) is 6.20 Å². The molecule has 0 aliphatic rings. The zero-order chi connectivity index (χ0) is 6.85. The van der Waals surface area contributed by atoms with E-state index in [1.807, 2.05) is 0 Å². The number of nitrogens with zero attached hydrogens (tertiary/aromatic N) is 2. The van der Waals surface area contributed by atoms with Crippen LogP contribution in [0.25, 0.3) is 0 Å². The molecule has 0 radical (unpaired) electrons. The normalized spacial score (nSPS) is 9.44. The van der Waals surface area contributed by atoms with Gasteiger partial charge < -0.3 is 0 Å². The largest absolute Gasteiger partial charge is 0.525 e. The van der Waals surface area contributed by atoms with E-state index in [-0.39, 0.29) is 5.82 Å². The number of nitro groups is 1. The van der Waals surface area contributed by atoms with Gasteiger partial charge in [-0.2, -0.15) is 5.10 Å². The highest BCUT2D eigenvalue weighted by atomic mass is 16.6. The van der Waals surface area contributed by atoms with Gasteiger partial charge in [-0.25, -0.2) is 0 Å². The number of hydrogen-bond acceptors (Lipinski definition) is 2. The lowest BCUT2D eigenvalue weighted by Gasteiger charge is -1.77. The van der Waals surface area contributed by atoms with Crippen molar-refractivity contribution in [3.8, 4) is 0 Å². The molecule has 0 unspecified atom stereocenters. The molecule has 0 fully saturated rings. The summed E-state index contributed by atoms with van der Waals surface area (Å²) in [6, 6.07) is 1.40. The molecule has 1 rings (SSSR count). The van der Waals surface area contributed by atoms with Crippen LogP contribution in [0.4, 0.5) is 5.82 Å². The molecule has 0 saturated heterocycles. The van der Waals surface area contributed by atoms with E-state index >= 15 is 0 Å². The number of H-pyrrole nitrogens is 1. The second kappa shape index (κ2) is 1.85. The molecule has 5 heteroatoms. The van der Waals surface area contributed by atoms with Crippen LogP contribution in [-0.4, -0.2) is 10.0 Å². The van der Waals surface area contributed by atoms with Crippen molar-refractivity contribution in [2.24, 2.45) is 7.05 Å². The zero-order valence-corrected chi connectivity index (χ0v) is 4.87. The summed E-state index contributed by atoms with van der Waals surface area (Å²) in [6.07, 6.45) is 1.51. The molecular formula is C4H6N3O2+. The monoisotopic (exact) mass is 128 g/mol. The van der Waals surface area contributed by atoms with Crippen molar-refractivity contribution in [1.82, 2.24) is 5.10 Å². The molecule has 0 amide bonds. The van der Waals surface area contributed by atoms with Crippen LogP contribution >= 0.6 is 0 Å². The second-order valence-electron chi connectivity index (χ2n) is 1.64. The third-order valence-corrected chi connectivity index (χ3v) is 1.03. The van der Waals surface area contributed by atoms with E-state index in [1.54, 1.807) is 7.05 Å². The summed E-state index contributed by atoms with van der Waals surface area (Å²) in [7, 11) is 1.58. The zero-order valence-electron chi connectivity index (χ0n) is 4.87. The Bertz CT molecular complexity index is 229. The maximum Gasteiger partial charge on any atom is 0.525 e. The Morgan fingerprint density at radius 3 is 2.78 bits per heavy atom. The molecule has 0 aliphatic carbocycles. The van der Waals surface area contributed by atoms with Gasteiger partial charge in [0.1, 0.15) is 11.0 Å². The van der Waals surface area contributed by atoms with Gasteiger partial charge >= 0.3 is 5.82 Å². The molecule has 0 spiro atoms. The van der Waals surface area contributed by atoms with E-state index in [4.69, 9.17) is 0 Å². The minimum Gasteiger partial charge on any atom is -0.253 e. The van der Waals surface area contributed by atoms with E-state index in [2.05, 4.69) is 5.10 Å². The molecule has 0 bridgehead atoms. The third kappa shape index (κ3) is 0.883. The van der Waals surface area contributed by atoms with Crippen LogP contribution < -0.4 is 4.68 Å². The van der Waals surface area contributed by atoms with E-state index < -0.39 is 4.92 Å². The average molecular weight is 128 g/mol. The van der Waals surface area contributed by atoms with Crippen LogP contribution in [0.2, 0.25) is 0 Å². The summed E-state index contributed by atoms with van der Waals surface area (Å²) < 4.78 is 1.33. The number of nitrogens with one attached hydrogen (secondary N) is 1.